The number of ether oxygens (including phenoxy) is 1. The summed E-state index contributed by atoms with van der Waals surface area (Å²) in [6.45, 7) is 3.44. The largest absolute Gasteiger partial charge is 0.479 e. The minimum Gasteiger partial charge on any atom is -0.479 e. The maximum Gasteiger partial charge on any atom is 0.338 e. The summed E-state index contributed by atoms with van der Waals surface area (Å²) in [5.74, 6) is -1.14. The lowest BCUT2D eigenvalue weighted by molar-refractivity contribution is -0.144. The van der Waals surface area contributed by atoms with Gasteiger partial charge >= 0.3 is 12.0 Å². The van der Waals surface area contributed by atoms with E-state index in [2.05, 4.69) is 17.1 Å². The van der Waals surface area contributed by atoms with Crippen molar-refractivity contribution in [1.82, 2.24) is 10.8 Å². The number of nitrogens with one attached hydrogen (secondary N) is 2. The first-order valence-electron chi connectivity index (χ1n) is 5.47. The van der Waals surface area contributed by atoms with Crippen molar-refractivity contribution in [2.45, 2.75) is 19.8 Å². The molecule has 1 aliphatic heterocycles. The van der Waals surface area contributed by atoms with Crippen molar-refractivity contribution < 1.29 is 24.3 Å². The summed E-state index contributed by atoms with van der Waals surface area (Å²) in [7, 11) is 0. The predicted octanol–water partition coefficient (Wildman–Crippen LogP) is 0.119. The third-order valence-corrected chi connectivity index (χ3v) is 2.74. The Hall–Kier alpha value is -1.34. The van der Waals surface area contributed by atoms with E-state index in [-0.39, 0.29) is 5.41 Å². The van der Waals surface area contributed by atoms with Gasteiger partial charge in [0.25, 0.3) is 0 Å². The fraction of sp³-hybridized carbons (Fsp3) is 0.800. The number of carbonyl (C=O) groups is 2. The number of hydrogen-bond acceptors (Lipinski definition) is 4. The Balaban J connectivity index is 2.16. The Bertz CT molecular complexity index is 276. The first-order valence-corrected chi connectivity index (χ1v) is 5.47. The van der Waals surface area contributed by atoms with E-state index in [0.717, 1.165) is 12.8 Å². The van der Waals surface area contributed by atoms with Gasteiger partial charge in [0.1, 0.15) is 0 Å². The first kappa shape index (κ1) is 13.7. The number of aliphatic carboxylic acids is 1. The number of urea groups is 1. The fourth-order valence-corrected chi connectivity index (χ4v) is 1.53. The van der Waals surface area contributed by atoms with Gasteiger partial charge in [0, 0.05) is 19.8 Å². The van der Waals surface area contributed by atoms with Crippen LogP contribution in [0.15, 0.2) is 0 Å². The fourth-order valence-electron chi connectivity index (χ4n) is 1.53. The Morgan fingerprint density at radius 3 is 2.65 bits per heavy atom. The van der Waals surface area contributed by atoms with Gasteiger partial charge in [-0.1, -0.05) is 6.92 Å². The second-order valence-electron chi connectivity index (χ2n) is 4.39. The molecule has 0 radical (unpaired) electrons. The molecule has 1 rings (SSSR count). The summed E-state index contributed by atoms with van der Waals surface area (Å²) >= 11 is 0. The molecule has 7 heteroatoms. The van der Waals surface area contributed by atoms with E-state index in [1.807, 2.05) is 5.48 Å². The molecule has 0 aromatic heterocycles. The molecule has 1 aliphatic rings. The number of carbonyl (C=O) groups excluding carboxylic acids is 1. The molecule has 1 saturated heterocycles. The standard InChI is InChI=1S/C10H18N2O5/c1-10(2-4-16-5-3-10)7-11-9(15)12-17-6-8(13)14/h2-7H2,1H3,(H,13,14)(H2,11,12,15). The van der Waals surface area contributed by atoms with Crippen LogP contribution in [-0.4, -0.2) is 43.5 Å². The maximum absolute atomic E-state index is 11.2. The topological polar surface area (TPSA) is 96.9 Å². The molecule has 3 N–H and O–H groups in total. The summed E-state index contributed by atoms with van der Waals surface area (Å²) in [6, 6.07) is -0.529. The van der Waals surface area contributed by atoms with Crippen LogP contribution in [0, 0.1) is 5.41 Å². The molecule has 0 aliphatic carbocycles. The van der Waals surface area contributed by atoms with Gasteiger partial charge in [-0.25, -0.2) is 15.1 Å². The number of hydroxylamine groups is 1. The van der Waals surface area contributed by atoms with Gasteiger partial charge in [0.05, 0.1) is 0 Å². The van der Waals surface area contributed by atoms with Gasteiger partial charge in [-0.05, 0) is 18.3 Å². The lowest BCUT2D eigenvalue weighted by atomic mass is 9.82. The molecular weight excluding hydrogens is 228 g/mol. The number of hydrogen-bond donors (Lipinski definition) is 3. The average Bonchev–Trinajstić information content (AvgIpc) is 2.27. The molecule has 0 bridgehead atoms. The van der Waals surface area contributed by atoms with Crippen LogP contribution in [0.4, 0.5) is 4.79 Å². The third-order valence-electron chi connectivity index (χ3n) is 2.74. The number of carboxylic acids is 1. The highest BCUT2D eigenvalue weighted by Gasteiger charge is 2.27. The van der Waals surface area contributed by atoms with Gasteiger partial charge in [0.2, 0.25) is 0 Å². The van der Waals surface area contributed by atoms with Crippen LogP contribution in [-0.2, 0) is 14.4 Å². The van der Waals surface area contributed by atoms with Gasteiger partial charge in [-0.3, -0.25) is 4.84 Å². The van der Waals surface area contributed by atoms with E-state index in [0.29, 0.717) is 19.8 Å². The van der Waals surface area contributed by atoms with E-state index in [1.54, 1.807) is 0 Å². The Labute approximate surface area is 99.4 Å². The van der Waals surface area contributed by atoms with Crippen LogP contribution in [0.3, 0.4) is 0 Å². The monoisotopic (exact) mass is 246 g/mol. The van der Waals surface area contributed by atoms with Crippen molar-refractivity contribution >= 4 is 12.0 Å². The quantitative estimate of drug-likeness (QED) is 0.599. The third kappa shape index (κ3) is 5.50. The molecule has 98 valence electrons. The van der Waals surface area contributed by atoms with Gasteiger partial charge in [0.15, 0.2) is 6.61 Å². The highest BCUT2D eigenvalue weighted by atomic mass is 16.7. The minimum absolute atomic E-state index is 0.0301. The Morgan fingerprint density at radius 1 is 1.41 bits per heavy atom. The summed E-state index contributed by atoms with van der Waals surface area (Å²) in [5.41, 5.74) is 2.04. The second-order valence-corrected chi connectivity index (χ2v) is 4.39. The zero-order chi connectivity index (χ0) is 12.7. The SMILES string of the molecule is CC1(CNC(=O)NOCC(=O)O)CCOCC1. The van der Waals surface area contributed by atoms with Gasteiger partial charge in [-0.15, -0.1) is 0 Å². The normalized spacial score (nSPS) is 18.4. The highest BCUT2D eigenvalue weighted by molar-refractivity contribution is 5.73. The van der Waals surface area contributed by atoms with Crippen molar-refractivity contribution in [1.29, 1.82) is 0 Å². The van der Waals surface area contributed by atoms with Crippen LogP contribution >= 0.6 is 0 Å². The van der Waals surface area contributed by atoms with Crippen molar-refractivity contribution in [2.24, 2.45) is 5.41 Å². The zero-order valence-electron chi connectivity index (χ0n) is 9.82. The predicted molar refractivity (Wildman–Crippen MR) is 58.3 cm³/mol. The van der Waals surface area contributed by atoms with E-state index >= 15 is 0 Å². The molecule has 0 spiro atoms. The highest BCUT2D eigenvalue weighted by Crippen LogP contribution is 2.28. The number of rotatable bonds is 5. The number of carboxylic acid groups (broad SMARTS) is 1. The summed E-state index contributed by atoms with van der Waals surface area (Å²) in [6.07, 6.45) is 1.78. The van der Waals surface area contributed by atoms with E-state index in [9.17, 15) is 9.59 Å². The summed E-state index contributed by atoms with van der Waals surface area (Å²) in [4.78, 5) is 25.8. The van der Waals surface area contributed by atoms with Gasteiger partial charge < -0.3 is 15.2 Å². The molecule has 1 heterocycles. The van der Waals surface area contributed by atoms with E-state index < -0.39 is 18.6 Å². The van der Waals surface area contributed by atoms with Crippen molar-refractivity contribution in [3.8, 4) is 0 Å². The van der Waals surface area contributed by atoms with Crippen molar-refractivity contribution in [3.63, 3.8) is 0 Å². The van der Waals surface area contributed by atoms with Crippen molar-refractivity contribution in [3.05, 3.63) is 0 Å². The minimum atomic E-state index is -1.14. The smallest absolute Gasteiger partial charge is 0.338 e. The molecular formula is C10H18N2O5. The van der Waals surface area contributed by atoms with Crippen LogP contribution in [0.2, 0.25) is 0 Å². The number of amides is 2. The van der Waals surface area contributed by atoms with Crippen LogP contribution in [0.25, 0.3) is 0 Å². The lowest BCUT2D eigenvalue weighted by Gasteiger charge is -2.33. The maximum atomic E-state index is 11.2. The molecule has 0 atom stereocenters. The second kappa shape index (κ2) is 6.41. The molecule has 7 nitrogen and oxygen atoms in total. The van der Waals surface area contributed by atoms with Gasteiger partial charge in [-0.2, -0.15) is 0 Å². The molecule has 0 saturated carbocycles. The first-order chi connectivity index (χ1) is 8.02. The zero-order valence-corrected chi connectivity index (χ0v) is 9.82. The summed E-state index contributed by atoms with van der Waals surface area (Å²) < 4.78 is 5.24. The average molecular weight is 246 g/mol. The lowest BCUT2D eigenvalue weighted by Crippen LogP contribution is -2.44. The van der Waals surface area contributed by atoms with Crippen LogP contribution in [0.1, 0.15) is 19.8 Å². The van der Waals surface area contributed by atoms with E-state index in [1.165, 1.54) is 0 Å². The van der Waals surface area contributed by atoms with E-state index in [4.69, 9.17) is 9.84 Å². The van der Waals surface area contributed by atoms with Crippen molar-refractivity contribution in [2.75, 3.05) is 26.4 Å². The van der Waals surface area contributed by atoms with Crippen LogP contribution in [0.5, 0.6) is 0 Å². The molecule has 0 unspecified atom stereocenters. The van der Waals surface area contributed by atoms with Crippen LogP contribution < -0.4 is 10.8 Å². The Morgan fingerprint density at radius 2 is 2.06 bits per heavy atom. The molecule has 2 amide bonds. The molecule has 0 aromatic carbocycles. The molecule has 17 heavy (non-hydrogen) atoms. The Kier molecular flexibility index (Phi) is 5.17. The summed E-state index contributed by atoms with van der Waals surface area (Å²) in [5, 5.41) is 10.9. The molecule has 0 aromatic rings. The molecule has 1 fully saturated rings.